The molecule has 4 saturated carbocycles. The van der Waals surface area contributed by atoms with Crippen molar-refractivity contribution in [2.24, 2.45) is 31.8 Å². The molecule has 3 aromatic heterocycles. The van der Waals surface area contributed by atoms with Gasteiger partial charge in [-0.15, -0.1) is 0 Å². The maximum absolute atomic E-state index is 13.2. The van der Waals surface area contributed by atoms with Crippen molar-refractivity contribution in [3.05, 3.63) is 68.6 Å². The first-order chi connectivity index (χ1) is 16.8. The van der Waals surface area contributed by atoms with Gasteiger partial charge >= 0.3 is 5.69 Å². The number of nitrogens with zero attached hydrogens (tertiary/aromatic N) is 5. The van der Waals surface area contributed by atoms with E-state index in [4.69, 9.17) is 4.98 Å². The van der Waals surface area contributed by atoms with Crippen LogP contribution < -0.4 is 11.2 Å². The minimum Gasteiger partial charge on any atom is -0.387 e. The molecular weight excluding hydrogens is 442 g/mol. The van der Waals surface area contributed by atoms with E-state index in [2.05, 4.69) is 10.8 Å². The van der Waals surface area contributed by atoms with Crippen LogP contribution >= 0.6 is 0 Å². The monoisotopic (exact) mass is 473 g/mol. The highest BCUT2D eigenvalue weighted by Gasteiger charge is 2.53. The Kier molecular flexibility index (Phi) is 4.35. The summed E-state index contributed by atoms with van der Waals surface area (Å²) in [5.41, 5.74) is 2.18. The van der Waals surface area contributed by atoms with Gasteiger partial charge in [-0.05, 0) is 61.8 Å². The molecule has 0 saturated heterocycles. The van der Waals surface area contributed by atoms with Crippen LogP contribution in [0, 0.1) is 17.8 Å². The first kappa shape index (κ1) is 21.2. The summed E-state index contributed by atoms with van der Waals surface area (Å²) < 4.78 is 6.61. The molecule has 0 amide bonds. The average molecular weight is 474 g/mol. The third-order valence-corrected chi connectivity index (χ3v) is 9.18. The topological polar surface area (TPSA) is 86.5 Å². The summed E-state index contributed by atoms with van der Waals surface area (Å²) in [5, 5.41) is 11.3. The zero-order valence-electron chi connectivity index (χ0n) is 20.2. The van der Waals surface area contributed by atoms with E-state index in [9.17, 15) is 14.7 Å². The van der Waals surface area contributed by atoms with Gasteiger partial charge in [-0.2, -0.15) is 4.98 Å². The minimum absolute atomic E-state index is 0.0596. The number of aromatic nitrogens is 5. The van der Waals surface area contributed by atoms with Crippen molar-refractivity contribution in [1.82, 2.24) is 23.1 Å². The van der Waals surface area contributed by atoms with Gasteiger partial charge in [0, 0.05) is 31.4 Å². The minimum atomic E-state index is -0.702. The lowest BCUT2D eigenvalue weighted by molar-refractivity contribution is -0.00950. The summed E-state index contributed by atoms with van der Waals surface area (Å²) in [6.45, 7) is 0.356. The summed E-state index contributed by atoms with van der Waals surface area (Å²) in [5.74, 6) is 2.92. The second-order valence-corrected chi connectivity index (χ2v) is 11.4. The zero-order chi connectivity index (χ0) is 24.1. The highest BCUT2D eigenvalue weighted by Crippen LogP contribution is 2.61. The van der Waals surface area contributed by atoms with Gasteiger partial charge in [0.25, 0.3) is 5.56 Å². The first-order valence-corrected chi connectivity index (χ1v) is 12.8. The Morgan fingerprint density at radius 3 is 2.26 bits per heavy atom. The molecule has 0 spiro atoms. The lowest BCUT2D eigenvalue weighted by atomic mass is 9.49. The quantitative estimate of drug-likeness (QED) is 0.494. The Morgan fingerprint density at radius 2 is 1.63 bits per heavy atom. The fourth-order valence-electron chi connectivity index (χ4n) is 8.00. The van der Waals surface area contributed by atoms with Crippen molar-refractivity contribution in [2.45, 2.75) is 56.6 Å². The van der Waals surface area contributed by atoms with Gasteiger partial charge in [0.05, 0.1) is 12.6 Å². The third kappa shape index (κ3) is 2.92. The zero-order valence-corrected chi connectivity index (χ0v) is 20.2. The van der Waals surface area contributed by atoms with Crippen molar-refractivity contribution in [3.8, 4) is 0 Å². The predicted molar refractivity (Wildman–Crippen MR) is 132 cm³/mol. The Morgan fingerprint density at radius 1 is 1.00 bits per heavy atom. The van der Waals surface area contributed by atoms with E-state index in [1.54, 1.807) is 7.05 Å². The molecule has 4 aliphatic rings. The van der Waals surface area contributed by atoms with Crippen molar-refractivity contribution in [3.63, 3.8) is 0 Å². The number of aryl methyl sites for hydroxylation is 1. The highest BCUT2D eigenvalue weighted by molar-refractivity contribution is 5.75. The highest BCUT2D eigenvalue weighted by atomic mass is 16.3. The molecule has 4 aromatic rings. The predicted octanol–water partition coefficient (Wildman–Crippen LogP) is 2.89. The van der Waals surface area contributed by atoms with E-state index in [0.29, 0.717) is 23.5 Å². The van der Waals surface area contributed by atoms with E-state index < -0.39 is 6.10 Å². The van der Waals surface area contributed by atoms with Gasteiger partial charge in [0.15, 0.2) is 11.2 Å². The van der Waals surface area contributed by atoms with E-state index >= 15 is 0 Å². The Labute approximate surface area is 202 Å². The number of hydrogen-bond acceptors (Lipinski definition) is 4. The van der Waals surface area contributed by atoms with Crippen LogP contribution in [0.15, 0.2) is 46.1 Å². The van der Waals surface area contributed by atoms with Crippen LogP contribution in [0.4, 0.5) is 0 Å². The molecule has 4 fully saturated rings. The summed E-state index contributed by atoms with van der Waals surface area (Å²) in [6.07, 6.45) is 8.93. The van der Waals surface area contributed by atoms with Crippen molar-refractivity contribution in [1.29, 1.82) is 0 Å². The van der Waals surface area contributed by atoms with Crippen LogP contribution in [0.1, 0.15) is 55.9 Å². The SMILES string of the molecule is Cn1c(=O)c2c(nc3n(C[C@@H](O)c4ccccc4)c(C45CC6CC(CC(C6)C4)C5)cn23)n(C)c1=O. The number of hydrogen-bond donors (Lipinski definition) is 1. The van der Waals surface area contributed by atoms with Crippen LogP contribution in [0.25, 0.3) is 16.9 Å². The van der Waals surface area contributed by atoms with E-state index in [0.717, 1.165) is 27.9 Å². The maximum atomic E-state index is 13.2. The molecule has 35 heavy (non-hydrogen) atoms. The van der Waals surface area contributed by atoms with Gasteiger partial charge in [-0.3, -0.25) is 18.3 Å². The summed E-state index contributed by atoms with van der Waals surface area (Å²) in [6, 6.07) is 9.71. The summed E-state index contributed by atoms with van der Waals surface area (Å²) in [7, 11) is 3.17. The van der Waals surface area contributed by atoms with Crippen LogP contribution in [0.2, 0.25) is 0 Å². The molecule has 8 nitrogen and oxygen atoms in total. The van der Waals surface area contributed by atoms with E-state index in [1.807, 2.05) is 34.7 Å². The molecule has 3 heterocycles. The normalized spacial score (nSPS) is 28.4. The van der Waals surface area contributed by atoms with Gasteiger partial charge in [0.2, 0.25) is 5.78 Å². The number of aliphatic hydroxyl groups is 1. The molecule has 1 atom stereocenters. The molecule has 0 unspecified atom stereocenters. The lowest BCUT2D eigenvalue weighted by Crippen LogP contribution is -2.49. The van der Waals surface area contributed by atoms with Crippen LogP contribution in [0.3, 0.4) is 0 Å². The second kappa shape index (κ2) is 7.20. The molecule has 4 bridgehead atoms. The fraction of sp³-hybridized carbons (Fsp3) is 0.519. The van der Waals surface area contributed by atoms with Crippen molar-refractivity contribution in [2.75, 3.05) is 0 Å². The summed E-state index contributed by atoms with van der Waals surface area (Å²) >= 11 is 0. The second-order valence-electron chi connectivity index (χ2n) is 11.4. The Hall–Kier alpha value is -3.13. The average Bonchev–Trinajstić information content (AvgIpc) is 3.38. The van der Waals surface area contributed by atoms with E-state index in [1.165, 1.54) is 55.8 Å². The van der Waals surface area contributed by atoms with Crippen LogP contribution in [-0.4, -0.2) is 28.2 Å². The van der Waals surface area contributed by atoms with Gasteiger partial charge in [-0.25, -0.2) is 4.79 Å². The molecule has 8 heteroatoms. The van der Waals surface area contributed by atoms with Crippen molar-refractivity contribution >= 4 is 16.9 Å². The molecule has 1 aromatic carbocycles. The Balaban J connectivity index is 1.48. The lowest BCUT2D eigenvalue weighted by Gasteiger charge is -2.56. The smallest absolute Gasteiger partial charge is 0.332 e. The van der Waals surface area contributed by atoms with Gasteiger partial charge in [0.1, 0.15) is 0 Å². The largest absolute Gasteiger partial charge is 0.387 e. The molecule has 0 radical (unpaired) electrons. The number of fused-ring (bicyclic) bond motifs is 3. The van der Waals surface area contributed by atoms with Crippen LogP contribution in [0.5, 0.6) is 0 Å². The Bertz CT molecular complexity index is 1550. The number of imidazole rings is 2. The molecule has 8 rings (SSSR count). The maximum Gasteiger partial charge on any atom is 0.332 e. The first-order valence-electron chi connectivity index (χ1n) is 12.8. The van der Waals surface area contributed by atoms with Crippen LogP contribution in [-0.2, 0) is 26.1 Å². The standard InChI is InChI=1S/C27H31N5O3/c1-29-23-22(24(34)30(2)26(29)35)32-15-21(27-11-16-8-17(12-27)10-18(9-16)13-27)31(25(32)28-23)14-20(33)19-6-4-3-5-7-19/h3-7,15-18,20,33H,8-14H2,1-2H3/t16?,17?,18?,20-,27?/m1/s1. The molecule has 4 aliphatic carbocycles. The molecular formula is C27H31N5O3. The van der Waals surface area contributed by atoms with Gasteiger partial charge < -0.3 is 9.67 Å². The number of rotatable bonds is 4. The molecule has 0 aliphatic heterocycles. The molecule has 1 N–H and O–H groups in total. The fourth-order valence-corrected chi connectivity index (χ4v) is 8.00. The third-order valence-electron chi connectivity index (χ3n) is 9.18. The van der Waals surface area contributed by atoms with E-state index in [-0.39, 0.29) is 16.7 Å². The molecule has 182 valence electrons. The van der Waals surface area contributed by atoms with Gasteiger partial charge in [-0.1, -0.05) is 30.3 Å². The summed E-state index contributed by atoms with van der Waals surface area (Å²) in [4.78, 5) is 30.6. The number of benzene rings is 1. The van der Waals surface area contributed by atoms with Crippen molar-refractivity contribution < 1.29 is 5.11 Å². The number of aliphatic hydroxyl groups excluding tert-OH is 1.